The maximum Gasteiger partial charge on any atom is 0.243 e. The molecule has 2 N–H and O–H groups in total. The molecule has 1 aromatic carbocycles. The number of aryl methyl sites for hydroxylation is 2. The molecule has 10 heteroatoms. The smallest absolute Gasteiger partial charge is 0.243 e. The Hall–Kier alpha value is -3.11. The number of carbonyl (C=O) groups excluding carboxylic acids is 2. The Morgan fingerprint density at radius 1 is 1.28 bits per heavy atom. The van der Waals surface area contributed by atoms with Crippen molar-refractivity contribution in [2.24, 2.45) is 5.92 Å². The summed E-state index contributed by atoms with van der Waals surface area (Å²) in [5.41, 5.74) is 4.94. The molecule has 2 aromatic heterocycles. The van der Waals surface area contributed by atoms with Gasteiger partial charge in [0, 0.05) is 19.0 Å². The number of benzene rings is 1. The predicted octanol–water partition coefficient (Wildman–Crippen LogP) is 3.94. The third-order valence-electron chi connectivity index (χ3n) is 6.54. The zero-order valence-corrected chi connectivity index (χ0v) is 21.6. The molecule has 8 nitrogen and oxygen atoms in total. The minimum Gasteiger partial charge on any atom is -0.391 e. The number of aliphatic hydroxyl groups is 1. The summed E-state index contributed by atoms with van der Waals surface area (Å²) in [5.74, 6) is -1.16. The number of aliphatic hydroxyl groups excluding tert-OH is 1. The maximum atomic E-state index is 14.0. The first-order valence-corrected chi connectivity index (χ1v) is 12.9. The number of alkyl halides is 1. The van der Waals surface area contributed by atoms with E-state index in [0.29, 0.717) is 17.0 Å². The van der Waals surface area contributed by atoms with Crippen LogP contribution in [0.2, 0.25) is 0 Å². The molecular weight excluding hydrogens is 483 g/mol. The standard InChI is InChI=1S/C26H31FN4O4S/c1-14(2)23(22-9-15(3)30-35-22)26(34)31-12-19(32)10-21(31)25(33)29-20(11-27)17-5-7-18(8-6-17)24-16(4)28-13-36-24/h5-9,13-14,19-21,23,32H,10-12H2,1-4H3,(H,29,33). The molecule has 0 saturated carbocycles. The van der Waals surface area contributed by atoms with E-state index in [1.165, 1.54) is 16.2 Å². The van der Waals surface area contributed by atoms with Crippen molar-refractivity contribution < 1.29 is 23.6 Å². The summed E-state index contributed by atoms with van der Waals surface area (Å²) < 4.78 is 19.4. The average molecular weight is 515 g/mol. The van der Waals surface area contributed by atoms with Crippen molar-refractivity contribution in [3.8, 4) is 10.4 Å². The fourth-order valence-corrected chi connectivity index (χ4v) is 5.49. The third kappa shape index (κ3) is 5.34. The highest BCUT2D eigenvalue weighted by Crippen LogP contribution is 2.32. The lowest BCUT2D eigenvalue weighted by Crippen LogP contribution is -2.49. The number of thiazole rings is 1. The molecule has 1 aliphatic heterocycles. The summed E-state index contributed by atoms with van der Waals surface area (Å²) in [6.45, 7) is 6.70. The van der Waals surface area contributed by atoms with Crippen LogP contribution in [0.5, 0.6) is 0 Å². The van der Waals surface area contributed by atoms with Gasteiger partial charge in [0.25, 0.3) is 0 Å². The molecule has 1 saturated heterocycles. The van der Waals surface area contributed by atoms with Gasteiger partial charge in [-0.2, -0.15) is 0 Å². The predicted molar refractivity (Wildman–Crippen MR) is 134 cm³/mol. The zero-order valence-electron chi connectivity index (χ0n) is 20.8. The first kappa shape index (κ1) is 26.0. The third-order valence-corrected chi connectivity index (χ3v) is 7.52. The van der Waals surface area contributed by atoms with Gasteiger partial charge in [-0.05, 0) is 30.9 Å². The summed E-state index contributed by atoms with van der Waals surface area (Å²) >= 11 is 1.53. The first-order chi connectivity index (χ1) is 17.2. The molecule has 0 aliphatic carbocycles. The van der Waals surface area contributed by atoms with Crippen molar-refractivity contribution in [2.45, 2.75) is 58.2 Å². The van der Waals surface area contributed by atoms with Crippen LogP contribution in [0.25, 0.3) is 10.4 Å². The Labute approximate surface area is 213 Å². The molecule has 2 amide bonds. The Morgan fingerprint density at radius 3 is 2.56 bits per heavy atom. The van der Waals surface area contributed by atoms with Gasteiger partial charge in [-0.15, -0.1) is 11.3 Å². The second kappa shape index (κ2) is 10.9. The molecular formula is C26H31FN4O4S. The lowest BCUT2D eigenvalue weighted by Gasteiger charge is -2.29. The van der Waals surface area contributed by atoms with E-state index < -0.39 is 36.7 Å². The topological polar surface area (TPSA) is 109 Å². The Bertz CT molecular complexity index is 1210. The van der Waals surface area contributed by atoms with Crippen LogP contribution in [0.15, 0.2) is 40.4 Å². The van der Waals surface area contributed by atoms with Crippen molar-refractivity contribution in [1.82, 2.24) is 20.4 Å². The van der Waals surface area contributed by atoms with Crippen LogP contribution >= 0.6 is 11.3 Å². The molecule has 4 rings (SSSR count). The SMILES string of the molecule is Cc1cc(C(C(=O)N2CC(O)CC2C(=O)NC(CF)c2ccc(-c3scnc3C)cc2)C(C)C)on1. The normalized spacial score (nSPS) is 19.5. The number of halogens is 1. The summed E-state index contributed by atoms with van der Waals surface area (Å²) in [5, 5.41) is 17.0. The largest absolute Gasteiger partial charge is 0.391 e. The van der Waals surface area contributed by atoms with E-state index in [1.807, 2.05) is 32.9 Å². The van der Waals surface area contributed by atoms with E-state index in [9.17, 15) is 19.1 Å². The number of likely N-dealkylation sites (tertiary alicyclic amines) is 1. The number of amides is 2. The highest BCUT2D eigenvalue weighted by molar-refractivity contribution is 7.13. The highest BCUT2D eigenvalue weighted by Gasteiger charge is 2.43. The minimum absolute atomic E-state index is 0.0243. The second-order valence-corrected chi connectivity index (χ2v) is 10.4. The molecule has 4 unspecified atom stereocenters. The number of nitrogens with zero attached hydrogens (tertiary/aromatic N) is 3. The highest BCUT2D eigenvalue weighted by atomic mass is 32.1. The van der Waals surface area contributed by atoms with Crippen LogP contribution in [0.1, 0.15) is 54.9 Å². The van der Waals surface area contributed by atoms with Crippen molar-refractivity contribution in [3.05, 3.63) is 58.6 Å². The van der Waals surface area contributed by atoms with E-state index in [0.717, 1.165) is 16.1 Å². The van der Waals surface area contributed by atoms with Gasteiger partial charge in [-0.1, -0.05) is 43.3 Å². The Balaban J connectivity index is 1.50. The monoisotopic (exact) mass is 514 g/mol. The quantitative estimate of drug-likeness (QED) is 0.471. The van der Waals surface area contributed by atoms with Crippen LogP contribution in [0.3, 0.4) is 0 Å². The molecule has 192 valence electrons. The molecule has 1 aliphatic rings. The lowest BCUT2D eigenvalue weighted by molar-refractivity contribution is -0.141. The van der Waals surface area contributed by atoms with Crippen LogP contribution in [0.4, 0.5) is 4.39 Å². The van der Waals surface area contributed by atoms with Crippen LogP contribution < -0.4 is 5.32 Å². The number of nitrogens with one attached hydrogen (secondary N) is 1. The lowest BCUT2D eigenvalue weighted by atomic mass is 9.91. The minimum atomic E-state index is -0.911. The first-order valence-electron chi connectivity index (χ1n) is 12.0. The summed E-state index contributed by atoms with van der Waals surface area (Å²) in [7, 11) is 0. The molecule has 3 heterocycles. The summed E-state index contributed by atoms with van der Waals surface area (Å²) in [4.78, 5) is 33.5. The second-order valence-electron chi connectivity index (χ2n) is 9.59. The molecule has 36 heavy (non-hydrogen) atoms. The molecule has 3 aromatic rings. The summed E-state index contributed by atoms with van der Waals surface area (Å²) in [6.07, 6.45) is -0.764. The fourth-order valence-electron chi connectivity index (χ4n) is 4.67. The van der Waals surface area contributed by atoms with Gasteiger partial charge < -0.3 is 19.8 Å². The number of β-amino-alcohol motifs (C(OH)–C–C–N with tert-alkyl or cyclic N) is 1. The number of rotatable bonds is 8. The zero-order chi connectivity index (χ0) is 26.0. The van der Waals surface area contributed by atoms with Crippen molar-refractivity contribution in [3.63, 3.8) is 0 Å². The van der Waals surface area contributed by atoms with Crippen LogP contribution in [-0.2, 0) is 9.59 Å². The van der Waals surface area contributed by atoms with Crippen molar-refractivity contribution in [2.75, 3.05) is 13.2 Å². The maximum absolute atomic E-state index is 14.0. The van der Waals surface area contributed by atoms with E-state index in [-0.39, 0.29) is 24.8 Å². The van der Waals surface area contributed by atoms with E-state index in [2.05, 4.69) is 15.5 Å². The van der Waals surface area contributed by atoms with Gasteiger partial charge >= 0.3 is 0 Å². The fraction of sp³-hybridized carbons (Fsp3) is 0.462. The molecule has 0 spiro atoms. The van der Waals surface area contributed by atoms with Crippen molar-refractivity contribution in [1.29, 1.82) is 0 Å². The number of hydrogen-bond donors (Lipinski definition) is 2. The van der Waals surface area contributed by atoms with Gasteiger partial charge in [0.05, 0.1) is 33.9 Å². The van der Waals surface area contributed by atoms with Crippen molar-refractivity contribution >= 4 is 23.2 Å². The number of aromatic nitrogens is 2. The Kier molecular flexibility index (Phi) is 7.85. The molecule has 4 atom stereocenters. The van der Waals surface area contributed by atoms with Crippen LogP contribution in [-0.4, -0.2) is 57.3 Å². The Morgan fingerprint density at radius 2 is 2.00 bits per heavy atom. The summed E-state index contributed by atoms with van der Waals surface area (Å²) in [6, 6.07) is 7.26. The van der Waals surface area contributed by atoms with Crippen LogP contribution in [0, 0.1) is 19.8 Å². The molecule has 1 fully saturated rings. The number of hydrogen-bond acceptors (Lipinski definition) is 7. The molecule has 0 bridgehead atoms. The van der Waals surface area contributed by atoms with E-state index in [1.54, 1.807) is 30.6 Å². The van der Waals surface area contributed by atoms with Gasteiger partial charge in [0.1, 0.15) is 24.4 Å². The van der Waals surface area contributed by atoms with E-state index in [4.69, 9.17) is 4.52 Å². The number of carbonyl (C=O) groups is 2. The van der Waals surface area contributed by atoms with Gasteiger partial charge in [0.2, 0.25) is 11.8 Å². The van der Waals surface area contributed by atoms with Gasteiger partial charge in [0.15, 0.2) is 0 Å². The average Bonchev–Trinajstić information content (AvgIpc) is 3.57. The van der Waals surface area contributed by atoms with Gasteiger partial charge in [-0.25, -0.2) is 9.37 Å². The molecule has 0 radical (unpaired) electrons. The van der Waals surface area contributed by atoms with E-state index >= 15 is 0 Å². The van der Waals surface area contributed by atoms with Gasteiger partial charge in [-0.3, -0.25) is 9.59 Å².